The highest BCUT2D eigenvalue weighted by Gasteiger charge is 2.24. The van der Waals surface area contributed by atoms with E-state index in [4.69, 9.17) is 4.74 Å². The first-order chi connectivity index (χ1) is 13.2. The fraction of sp³-hybridized carbons (Fsp3) is 0.500. The molecule has 0 spiro atoms. The number of Topliss-reactive ketones (excluding diaryl/α,β-unsaturated/α-hetero) is 1. The molecule has 152 valence electrons. The quantitative estimate of drug-likeness (QED) is 0.510. The van der Waals surface area contributed by atoms with Crippen LogP contribution in [0.15, 0.2) is 12.1 Å². The van der Waals surface area contributed by atoms with Crippen molar-refractivity contribution in [2.75, 3.05) is 19.4 Å². The molecule has 0 unspecified atom stereocenters. The number of aryl methyl sites for hydroxylation is 1. The van der Waals surface area contributed by atoms with Crippen LogP contribution in [0.4, 0.5) is 0 Å². The maximum Gasteiger partial charge on any atom is 0.359 e. The second-order valence-corrected chi connectivity index (χ2v) is 9.75. The maximum absolute atomic E-state index is 12.4. The lowest BCUT2D eigenvalue weighted by molar-refractivity contribution is 0.0468. The Morgan fingerprint density at radius 2 is 2.11 bits per heavy atom. The Hall–Kier alpha value is -2.04. The monoisotopic (exact) mass is 425 g/mol. The van der Waals surface area contributed by atoms with Gasteiger partial charge in [-0.2, -0.15) is 0 Å². The van der Waals surface area contributed by atoms with Crippen LogP contribution in [-0.4, -0.2) is 49.1 Å². The van der Waals surface area contributed by atoms with Gasteiger partial charge in [-0.1, -0.05) is 0 Å². The lowest BCUT2D eigenvalue weighted by atomic mass is 10.1. The molecule has 0 bridgehead atoms. The zero-order valence-corrected chi connectivity index (χ0v) is 17.5. The molecule has 0 fully saturated rings. The Kier molecular flexibility index (Phi) is 6.31. The molecule has 0 radical (unpaired) electrons. The van der Waals surface area contributed by atoms with Gasteiger partial charge in [0.05, 0.1) is 16.8 Å². The van der Waals surface area contributed by atoms with Crippen molar-refractivity contribution in [3.05, 3.63) is 39.1 Å². The highest BCUT2D eigenvalue weighted by molar-refractivity contribution is 7.88. The molecule has 1 N–H and O–H groups in total. The number of carbonyl (C=O) groups is 2. The van der Waals surface area contributed by atoms with Crippen molar-refractivity contribution in [3.8, 4) is 0 Å². The summed E-state index contributed by atoms with van der Waals surface area (Å²) in [7, 11) is -3.23. The molecule has 0 amide bonds. The minimum atomic E-state index is -3.23. The first-order valence-corrected chi connectivity index (χ1v) is 11.7. The molecular weight excluding hydrogens is 402 g/mol. The molecule has 1 aliphatic rings. The van der Waals surface area contributed by atoms with Gasteiger partial charge in [-0.15, -0.1) is 11.3 Å². The van der Waals surface area contributed by atoms with Crippen molar-refractivity contribution in [1.82, 2.24) is 14.3 Å². The van der Waals surface area contributed by atoms with E-state index in [-0.39, 0.29) is 18.9 Å². The van der Waals surface area contributed by atoms with E-state index >= 15 is 0 Å². The minimum Gasteiger partial charge on any atom is -0.452 e. The largest absolute Gasteiger partial charge is 0.452 e. The number of rotatable bonds is 8. The topological polar surface area (TPSA) is 107 Å². The van der Waals surface area contributed by atoms with Crippen LogP contribution >= 0.6 is 11.3 Å². The average Bonchev–Trinajstić information content (AvgIpc) is 3.24. The second-order valence-electron chi connectivity index (χ2n) is 6.74. The molecule has 0 saturated carbocycles. The van der Waals surface area contributed by atoms with E-state index in [0.29, 0.717) is 17.0 Å². The highest BCUT2D eigenvalue weighted by Crippen LogP contribution is 2.22. The van der Waals surface area contributed by atoms with E-state index in [1.165, 1.54) is 11.3 Å². The van der Waals surface area contributed by atoms with E-state index in [1.54, 1.807) is 12.1 Å². The third-order valence-electron chi connectivity index (χ3n) is 4.51. The van der Waals surface area contributed by atoms with E-state index in [9.17, 15) is 18.0 Å². The van der Waals surface area contributed by atoms with Crippen LogP contribution in [0.3, 0.4) is 0 Å². The summed E-state index contributed by atoms with van der Waals surface area (Å²) in [5.74, 6) is -0.0646. The Bertz CT molecular complexity index is 991. The van der Waals surface area contributed by atoms with E-state index in [0.717, 1.165) is 48.5 Å². The van der Waals surface area contributed by atoms with Crippen molar-refractivity contribution in [2.45, 2.75) is 39.2 Å². The van der Waals surface area contributed by atoms with Crippen molar-refractivity contribution >= 4 is 33.1 Å². The summed E-state index contributed by atoms with van der Waals surface area (Å²) in [6.07, 6.45) is 4.46. The number of thiophene rings is 1. The molecule has 2 aromatic rings. The number of imidazole rings is 1. The van der Waals surface area contributed by atoms with Gasteiger partial charge >= 0.3 is 5.97 Å². The SMILES string of the molecule is Cc1nc(C(=O)OCC(=O)c2ccc(CCNS(C)(=O)=O)s2)c2n1CCCC2. The van der Waals surface area contributed by atoms with E-state index in [2.05, 4.69) is 9.71 Å². The normalized spacial score (nSPS) is 13.9. The van der Waals surface area contributed by atoms with Gasteiger partial charge < -0.3 is 9.30 Å². The lowest BCUT2D eigenvalue weighted by Gasteiger charge is -2.15. The van der Waals surface area contributed by atoms with Crippen molar-refractivity contribution in [3.63, 3.8) is 0 Å². The second kappa shape index (κ2) is 8.54. The first kappa shape index (κ1) is 20.7. The fourth-order valence-electron chi connectivity index (χ4n) is 3.18. The standard InChI is InChI=1S/C18H23N3O5S2/c1-12-20-17(14-5-3-4-10-21(12)14)18(23)26-11-15(22)16-7-6-13(27-16)8-9-19-28(2,24)25/h6-7,19H,3-5,8-11H2,1-2H3. The summed E-state index contributed by atoms with van der Waals surface area (Å²) in [4.78, 5) is 30.4. The number of nitrogens with zero attached hydrogens (tertiary/aromatic N) is 2. The van der Waals surface area contributed by atoms with Gasteiger partial charge in [-0.25, -0.2) is 22.9 Å². The van der Waals surface area contributed by atoms with Crippen LogP contribution in [0.25, 0.3) is 0 Å². The molecule has 0 saturated heterocycles. The molecule has 0 atom stereocenters. The number of carbonyl (C=O) groups excluding carboxylic acids is 2. The molecule has 1 aliphatic heterocycles. The van der Waals surface area contributed by atoms with Gasteiger partial charge in [0.25, 0.3) is 0 Å². The van der Waals surface area contributed by atoms with Crippen LogP contribution in [-0.2, 0) is 34.1 Å². The molecule has 28 heavy (non-hydrogen) atoms. The van der Waals surface area contributed by atoms with Crippen LogP contribution in [0.5, 0.6) is 0 Å². The molecule has 0 aliphatic carbocycles. The molecule has 8 nitrogen and oxygen atoms in total. The Balaban J connectivity index is 1.55. The number of ketones is 1. The molecule has 2 aromatic heterocycles. The highest BCUT2D eigenvalue weighted by atomic mass is 32.2. The average molecular weight is 426 g/mol. The van der Waals surface area contributed by atoms with Gasteiger partial charge in [0.1, 0.15) is 5.82 Å². The number of nitrogens with one attached hydrogen (secondary N) is 1. The summed E-state index contributed by atoms with van der Waals surface area (Å²) in [5.41, 5.74) is 1.20. The van der Waals surface area contributed by atoms with Crippen molar-refractivity contribution < 1.29 is 22.7 Å². The van der Waals surface area contributed by atoms with Crippen LogP contribution < -0.4 is 4.72 Å². The van der Waals surface area contributed by atoms with Crippen LogP contribution in [0, 0.1) is 6.92 Å². The Morgan fingerprint density at radius 3 is 2.86 bits per heavy atom. The maximum atomic E-state index is 12.4. The van der Waals surface area contributed by atoms with Crippen molar-refractivity contribution in [2.24, 2.45) is 0 Å². The summed E-state index contributed by atoms with van der Waals surface area (Å²) >= 11 is 1.27. The zero-order valence-electron chi connectivity index (χ0n) is 15.9. The molecular formula is C18H23N3O5S2. The molecule has 3 heterocycles. The van der Waals surface area contributed by atoms with E-state index in [1.807, 2.05) is 11.5 Å². The third kappa shape index (κ3) is 5.06. The fourth-order valence-corrected chi connectivity index (χ4v) is 4.58. The number of hydrogen-bond donors (Lipinski definition) is 1. The predicted molar refractivity (Wildman–Crippen MR) is 105 cm³/mol. The predicted octanol–water partition coefficient (Wildman–Crippen LogP) is 1.72. The number of esters is 1. The third-order valence-corrected chi connectivity index (χ3v) is 6.42. The van der Waals surface area contributed by atoms with Gasteiger partial charge in [0.15, 0.2) is 12.3 Å². The number of hydrogen-bond acceptors (Lipinski definition) is 7. The number of sulfonamides is 1. The van der Waals surface area contributed by atoms with Gasteiger partial charge in [0, 0.05) is 18.0 Å². The Labute approximate surface area is 168 Å². The lowest BCUT2D eigenvalue weighted by Crippen LogP contribution is -2.24. The number of fused-ring (bicyclic) bond motifs is 1. The Morgan fingerprint density at radius 1 is 1.32 bits per heavy atom. The van der Waals surface area contributed by atoms with Crippen molar-refractivity contribution in [1.29, 1.82) is 0 Å². The summed E-state index contributed by atoms with van der Waals surface area (Å²) < 4.78 is 31.8. The van der Waals surface area contributed by atoms with Gasteiger partial charge in [-0.3, -0.25) is 4.79 Å². The van der Waals surface area contributed by atoms with Gasteiger partial charge in [0.2, 0.25) is 15.8 Å². The number of ether oxygens (including phenoxy) is 1. The minimum absolute atomic E-state index is 0.271. The summed E-state index contributed by atoms with van der Waals surface area (Å²) in [6, 6.07) is 3.44. The van der Waals surface area contributed by atoms with Crippen LogP contribution in [0.1, 0.15) is 49.4 Å². The first-order valence-electron chi connectivity index (χ1n) is 9.04. The molecule has 3 rings (SSSR count). The molecule has 10 heteroatoms. The van der Waals surface area contributed by atoms with Crippen LogP contribution in [0.2, 0.25) is 0 Å². The summed E-state index contributed by atoms with van der Waals surface area (Å²) in [6.45, 7) is 2.65. The van der Waals surface area contributed by atoms with E-state index < -0.39 is 16.0 Å². The zero-order chi connectivity index (χ0) is 20.3. The smallest absolute Gasteiger partial charge is 0.359 e. The summed E-state index contributed by atoms with van der Waals surface area (Å²) in [5, 5.41) is 0. The molecule has 0 aromatic carbocycles. The van der Waals surface area contributed by atoms with Gasteiger partial charge in [-0.05, 0) is 44.7 Å². The number of aromatic nitrogens is 2.